The van der Waals surface area contributed by atoms with Crippen LogP contribution in [-0.4, -0.2) is 36.7 Å². The van der Waals surface area contributed by atoms with Gasteiger partial charge in [0.15, 0.2) is 0 Å². The Kier molecular flexibility index (Phi) is 4.41. The molecule has 0 saturated carbocycles. The smallest absolute Gasteiger partial charge is 0.371 e. The molecule has 0 aliphatic carbocycles. The molecule has 1 aliphatic heterocycles. The summed E-state index contributed by atoms with van der Waals surface area (Å²) in [5.74, 6) is -1.02. The first kappa shape index (κ1) is 14.5. The van der Waals surface area contributed by atoms with Gasteiger partial charge in [-0.25, -0.2) is 4.79 Å². The average molecular weight is 282 g/mol. The van der Waals surface area contributed by atoms with E-state index in [0.29, 0.717) is 31.8 Å². The van der Waals surface area contributed by atoms with Crippen LogP contribution in [0.1, 0.15) is 29.2 Å². The van der Waals surface area contributed by atoms with Crippen LogP contribution in [-0.2, 0) is 16.1 Å². The Morgan fingerprint density at radius 3 is 2.60 bits per heavy atom. The number of furan rings is 1. The van der Waals surface area contributed by atoms with E-state index in [0.717, 1.165) is 0 Å². The van der Waals surface area contributed by atoms with Gasteiger partial charge in [-0.1, -0.05) is 0 Å². The second-order valence-electron chi connectivity index (χ2n) is 4.85. The summed E-state index contributed by atoms with van der Waals surface area (Å²) in [6, 6.07) is 2.89. The lowest BCUT2D eigenvalue weighted by Crippen LogP contribution is -2.48. The number of carboxylic acid groups (broad SMARTS) is 1. The van der Waals surface area contributed by atoms with Crippen molar-refractivity contribution in [3.63, 3.8) is 0 Å². The highest BCUT2D eigenvalue weighted by atomic mass is 16.5. The summed E-state index contributed by atoms with van der Waals surface area (Å²) in [4.78, 5) is 22.9. The summed E-state index contributed by atoms with van der Waals surface area (Å²) >= 11 is 0. The Balaban J connectivity index is 1.94. The third-order valence-corrected chi connectivity index (χ3v) is 3.62. The fraction of sp³-hybridized carbons (Fsp3) is 0.538. The van der Waals surface area contributed by atoms with Gasteiger partial charge in [-0.15, -0.1) is 0 Å². The Hall–Kier alpha value is -1.86. The summed E-state index contributed by atoms with van der Waals surface area (Å²) in [6.07, 6.45) is 1.18. The summed E-state index contributed by atoms with van der Waals surface area (Å²) in [6.45, 7) is 1.46. The molecule has 0 aromatic carbocycles. The summed E-state index contributed by atoms with van der Waals surface area (Å²) < 4.78 is 10.3. The van der Waals surface area contributed by atoms with Gasteiger partial charge in [-0.2, -0.15) is 0 Å². The number of hydrogen-bond acceptors (Lipinski definition) is 5. The van der Waals surface area contributed by atoms with Crippen LogP contribution in [0.4, 0.5) is 0 Å². The van der Waals surface area contributed by atoms with E-state index in [1.54, 1.807) is 0 Å². The number of nitrogens with two attached hydrogens (primary N) is 1. The first-order valence-electron chi connectivity index (χ1n) is 6.45. The van der Waals surface area contributed by atoms with E-state index in [1.807, 2.05) is 0 Å². The van der Waals surface area contributed by atoms with Gasteiger partial charge in [-0.05, 0) is 25.0 Å². The van der Waals surface area contributed by atoms with Crippen LogP contribution in [0.5, 0.6) is 0 Å². The maximum absolute atomic E-state index is 12.3. The lowest BCUT2D eigenvalue weighted by molar-refractivity contribution is -0.136. The number of amides is 1. The van der Waals surface area contributed by atoms with Crippen molar-refractivity contribution >= 4 is 11.9 Å². The quantitative estimate of drug-likeness (QED) is 0.717. The molecule has 0 atom stereocenters. The zero-order valence-electron chi connectivity index (χ0n) is 11.1. The molecule has 1 aromatic heterocycles. The molecular weight excluding hydrogens is 264 g/mol. The van der Waals surface area contributed by atoms with Crippen LogP contribution < -0.4 is 11.1 Å². The summed E-state index contributed by atoms with van der Waals surface area (Å²) in [5, 5.41) is 11.5. The van der Waals surface area contributed by atoms with Crippen molar-refractivity contribution in [1.29, 1.82) is 0 Å². The van der Waals surface area contributed by atoms with Gasteiger partial charge in [0.05, 0.1) is 12.0 Å². The number of rotatable bonds is 5. The Labute approximate surface area is 116 Å². The molecule has 110 valence electrons. The third-order valence-electron chi connectivity index (χ3n) is 3.62. The normalized spacial score (nSPS) is 17.6. The first-order chi connectivity index (χ1) is 9.57. The SMILES string of the molecule is NCC1(C(=O)NCc2ccc(C(=O)O)o2)CCOCC1. The molecule has 1 amide bonds. The molecule has 0 spiro atoms. The number of carbonyl (C=O) groups excluding carboxylic acids is 1. The standard InChI is InChI=1S/C13H18N2O5/c14-8-13(3-5-19-6-4-13)12(18)15-7-9-1-2-10(20-9)11(16)17/h1-2H,3-8,14H2,(H,15,18)(H,16,17). The van der Waals surface area contributed by atoms with Crippen molar-refractivity contribution in [1.82, 2.24) is 5.32 Å². The average Bonchev–Trinajstić information content (AvgIpc) is 2.94. The predicted octanol–water partition coefficient (Wildman–Crippen LogP) is 0.349. The van der Waals surface area contributed by atoms with Crippen LogP contribution in [0.15, 0.2) is 16.5 Å². The molecule has 1 fully saturated rings. The van der Waals surface area contributed by atoms with Crippen molar-refractivity contribution in [3.05, 3.63) is 23.7 Å². The van der Waals surface area contributed by atoms with Crippen molar-refractivity contribution in [2.75, 3.05) is 19.8 Å². The van der Waals surface area contributed by atoms with Crippen LogP contribution >= 0.6 is 0 Å². The highest BCUT2D eigenvalue weighted by Crippen LogP contribution is 2.29. The highest BCUT2D eigenvalue weighted by molar-refractivity contribution is 5.84. The van der Waals surface area contributed by atoms with Crippen molar-refractivity contribution < 1.29 is 23.8 Å². The van der Waals surface area contributed by atoms with Crippen molar-refractivity contribution in [2.24, 2.45) is 11.1 Å². The van der Waals surface area contributed by atoms with E-state index in [2.05, 4.69) is 5.32 Å². The fourth-order valence-electron chi connectivity index (χ4n) is 2.23. The van der Waals surface area contributed by atoms with Gasteiger partial charge in [0, 0.05) is 19.8 Å². The molecule has 7 nitrogen and oxygen atoms in total. The number of aromatic carboxylic acids is 1. The minimum absolute atomic E-state index is 0.142. The first-order valence-corrected chi connectivity index (χ1v) is 6.45. The Morgan fingerprint density at radius 1 is 1.35 bits per heavy atom. The molecule has 20 heavy (non-hydrogen) atoms. The van der Waals surface area contributed by atoms with E-state index in [4.69, 9.17) is 20.0 Å². The van der Waals surface area contributed by atoms with Gasteiger partial charge >= 0.3 is 5.97 Å². The maximum Gasteiger partial charge on any atom is 0.371 e. The van der Waals surface area contributed by atoms with Crippen molar-refractivity contribution in [3.8, 4) is 0 Å². The van der Waals surface area contributed by atoms with Crippen LogP contribution in [0, 0.1) is 5.41 Å². The number of hydrogen-bond donors (Lipinski definition) is 3. The topological polar surface area (TPSA) is 115 Å². The molecule has 1 aromatic rings. The van der Waals surface area contributed by atoms with E-state index < -0.39 is 11.4 Å². The Bertz CT molecular complexity index is 491. The zero-order chi connectivity index (χ0) is 14.6. The zero-order valence-corrected chi connectivity index (χ0v) is 11.1. The number of carbonyl (C=O) groups is 2. The maximum atomic E-state index is 12.3. The molecule has 4 N–H and O–H groups in total. The van der Waals surface area contributed by atoms with Crippen LogP contribution in [0.25, 0.3) is 0 Å². The van der Waals surface area contributed by atoms with E-state index in [1.165, 1.54) is 12.1 Å². The summed E-state index contributed by atoms with van der Waals surface area (Å²) in [5.41, 5.74) is 5.14. The largest absolute Gasteiger partial charge is 0.475 e. The van der Waals surface area contributed by atoms with Gasteiger partial charge in [0.2, 0.25) is 11.7 Å². The molecule has 0 radical (unpaired) electrons. The van der Waals surface area contributed by atoms with Crippen molar-refractivity contribution in [2.45, 2.75) is 19.4 Å². The number of nitrogens with one attached hydrogen (secondary N) is 1. The molecule has 1 saturated heterocycles. The second-order valence-corrected chi connectivity index (χ2v) is 4.85. The second kappa shape index (κ2) is 6.06. The molecule has 2 heterocycles. The van der Waals surface area contributed by atoms with E-state index in [9.17, 15) is 9.59 Å². The molecule has 0 unspecified atom stereocenters. The minimum Gasteiger partial charge on any atom is -0.475 e. The molecule has 2 rings (SSSR count). The molecule has 1 aliphatic rings. The lowest BCUT2D eigenvalue weighted by atomic mass is 9.79. The summed E-state index contributed by atoms with van der Waals surface area (Å²) in [7, 11) is 0. The molecular formula is C13H18N2O5. The minimum atomic E-state index is -1.13. The van der Waals surface area contributed by atoms with Gasteiger partial charge < -0.3 is 25.3 Å². The van der Waals surface area contributed by atoms with Gasteiger partial charge in [-0.3, -0.25) is 4.79 Å². The molecule has 0 bridgehead atoms. The lowest BCUT2D eigenvalue weighted by Gasteiger charge is -2.34. The highest BCUT2D eigenvalue weighted by Gasteiger charge is 2.38. The van der Waals surface area contributed by atoms with Gasteiger partial charge in [0.1, 0.15) is 5.76 Å². The third kappa shape index (κ3) is 3.00. The van der Waals surface area contributed by atoms with Crippen LogP contribution in [0.2, 0.25) is 0 Å². The molecule has 7 heteroatoms. The number of carboxylic acids is 1. The fourth-order valence-corrected chi connectivity index (χ4v) is 2.23. The van der Waals surface area contributed by atoms with Crippen LogP contribution in [0.3, 0.4) is 0 Å². The van der Waals surface area contributed by atoms with Gasteiger partial charge in [0.25, 0.3) is 0 Å². The predicted molar refractivity (Wildman–Crippen MR) is 69.1 cm³/mol. The number of ether oxygens (including phenoxy) is 1. The monoisotopic (exact) mass is 282 g/mol. The van der Waals surface area contributed by atoms with E-state index in [-0.39, 0.29) is 24.8 Å². The van der Waals surface area contributed by atoms with E-state index >= 15 is 0 Å². The Morgan fingerprint density at radius 2 is 2.05 bits per heavy atom.